The largest absolute Gasteiger partial charge is 0.494 e. The van der Waals surface area contributed by atoms with E-state index in [-0.39, 0.29) is 5.75 Å². The highest BCUT2D eigenvalue weighted by molar-refractivity contribution is 9.10. The van der Waals surface area contributed by atoms with E-state index in [1.165, 1.54) is 6.21 Å². The minimum absolute atomic E-state index is 0.214. The zero-order valence-electron chi connectivity index (χ0n) is 19.5. The van der Waals surface area contributed by atoms with Crippen LogP contribution in [0.1, 0.15) is 34.8 Å². The molecule has 0 aliphatic rings. The Hall–Kier alpha value is -3.69. The van der Waals surface area contributed by atoms with Crippen molar-refractivity contribution in [2.24, 2.45) is 5.10 Å². The SMILES string of the molecule is CCCOc1ccc(C(=O)Oc2ccc(Br)cc2/C=N/NC(=O)C(=O)Nc2cccc(Cl)c2C)cc1. The Bertz CT molecular complexity index is 1300. The fourth-order valence-corrected chi connectivity index (χ4v) is 3.47. The summed E-state index contributed by atoms with van der Waals surface area (Å²) in [4.78, 5) is 37.0. The predicted molar refractivity (Wildman–Crippen MR) is 142 cm³/mol. The van der Waals surface area contributed by atoms with Crippen LogP contribution in [0.4, 0.5) is 5.69 Å². The maximum Gasteiger partial charge on any atom is 0.343 e. The summed E-state index contributed by atoms with van der Waals surface area (Å²) >= 11 is 9.39. The first kappa shape index (κ1) is 26.9. The number of nitrogens with one attached hydrogen (secondary N) is 2. The van der Waals surface area contributed by atoms with E-state index < -0.39 is 17.8 Å². The Labute approximate surface area is 221 Å². The fraction of sp³-hybridized carbons (Fsp3) is 0.154. The smallest absolute Gasteiger partial charge is 0.343 e. The molecule has 36 heavy (non-hydrogen) atoms. The van der Waals surface area contributed by atoms with Crippen molar-refractivity contribution in [3.05, 3.63) is 86.8 Å². The Morgan fingerprint density at radius 2 is 1.81 bits per heavy atom. The molecule has 0 heterocycles. The van der Waals surface area contributed by atoms with Crippen LogP contribution in [0.2, 0.25) is 5.02 Å². The molecule has 0 unspecified atom stereocenters. The summed E-state index contributed by atoms with van der Waals surface area (Å²) < 4.78 is 11.7. The molecule has 2 amide bonds. The molecule has 0 bridgehead atoms. The topological polar surface area (TPSA) is 106 Å². The highest BCUT2D eigenvalue weighted by atomic mass is 79.9. The maximum absolute atomic E-state index is 12.6. The van der Waals surface area contributed by atoms with Gasteiger partial charge in [0.2, 0.25) is 0 Å². The number of benzene rings is 3. The Morgan fingerprint density at radius 1 is 1.06 bits per heavy atom. The Balaban J connectivity index is 1.65. The van der Waals surface area contributed by atoms with E-state index >= 15 is 0 Å². The van der Waals surface area contributed by atoms with Crippen molar-refractivity contribution in [3.8, 4) is 11.5 Å². The van der Waals surface area contributed by atoms with Gasteiger partial charge in [-0.1, -0.05) is 40.5 Å². The molecule has 3 aromatic carbocycles. The number of carbonyl (C=O) groups is 3. The molecule has 0 saturated heterocycles. The summed E-state index contributed by atoms with van der Waals surface area (Å²) in [5.41, 5.74) is 3.94. The van der Waals surface area contributed by atoms with Gasteiger partial charge in [-0.2, -0.15) is 5.10 Å². The molecule has 8 nitrogen and oxygen atoms in total. The third kappa shape index (κ3) is 7.40. The molecule has 186 valence electrons. The number of hydrogen-bond acceptors (Lipinski definition) is 6. The molecule has 0 aliphatic heterocycles. The molecule has 0 aromatic heterocycles. The molecule has 0 saturated carbocycles. The first-order valence-electron chi connectivity index (χ1n) is 10.9. The molecule has 0 atom stereocenters. The minimum atomic E-state index is -0.982. The molecule has 0 fully saturated rings. The lowest BCUT2D eigenvalue weighted by Gasteiger charge is -2.09. The van der Waals surface area contributed by atoms with Crippen molar-refractivity contribution in [2.75, 3.05) is 11.9 Å². The minimum Gasteiger partial charge on any atom is -0.494 e. The number of halogens is 2. The van der Waals surface area contributed by atoms with Gasteiger partial charge in [0.25, 0.3) is 0 Å². The summed E-state index contributed by atoms with van der Waals surface area (Å²) in [6.07, 6.45) is 2.15. The fourth-order valence-electron chi connectivity index (χ4n) is 2.91. The second kappa shape index (κ2) is 12.9. The molecule has 0 spiro atoms. The van der Waals surface area contributed by atoms with E-state index in [9.17, 15) is 14.4 Å². The van der Waals surface area contributed by atoms with Gasteiger partial charge in [0, 0.05) is 20.7 Å². The van der Waals surface area contributed by atoms with Crippen molar-refractivity contribution in [1.82, 2.24) is 5.43 Å². The van der Waals surface area contributed by atoms with Crippen LogP contribution in [0.5, 0.6) is 11.5 Å². The zero-order chi connectivity index (χ0) is 26.1. The van der Waals surface area contributed by atoms with E-state index in [1.807, 2.05) is 6.92 Å². The third-order valence-electron chi connectivity index (χ3n) is 4.83. The van der Waals surface area contributed by atoms with Crippen molar-refractivity contribution in [2.45, 2.75) is 20.3 Å². The lowest BCUT2D eigenvalue weighted by molar-refractivity contribution is -0.136. The summed E-state index contributed by atoms with van der Waals surface area (Å²) in [5, 5.41) is 6.77. The highest BCUT2D eigenvalue weighted by Gasteiger charge is 2.15. The van der Waals surface area contributed by atoms with Crippen LogP contribution in [0.25, 0.3) is 0 Å². The van der Waals surface area contributed by atoms with Gasteiger partial charge in [-0.05, 0) is 73.5 Å². The van der Waals surface area contributed by atoms with E-state index in [2.05, 4.69) is 31.8 Å². The van der Waals surface area contributed by atoms with Crippen LogP contribution in [0, 0.1) is 6.92 Å². The van der Waals surface area contributed by atoms with E-state index in [0.717, 1.165) is 6.42 Å². The predicted octanol–water partition coefficient (Wildman–Crippen LogP) is 5.51. The second-order valence-corrected chi connectivity index (χ2v) is 8.83. The zero-order valence-corrected chi connectivity index (χ0v) is 21.9. The number of amides is 2. The lowest BCUT2D eigenvalue weighted by Crippen LogP contribution is -2.32. The number of hydrazone groups is 1. The normalized spacial score (nSPS) is 10.7. The number of esters is 1. The molecule has 0 aliphatic carbocycles. The van der Waals surface area contributed by atoms with Crippen molar-refractivity contribution in [3.63, 3.8) is 0 Å². The van der Waals surface area contributed by atoms with E-state index in [1.54, 1.807) is 67.6 Å². The van der Waals surface area contributed by atoms with Gasteiger partial charge >= 0.3 is 17.8 Å². The van der Waals surface area contributed by atoms with Gasteiger partial charge in [0.1, 0.15) is 11.5 Å². The lowest BCUT2D eigenvalue weighted by atomic mass is 10.2. The highest BCUT2D eigenvalue weighted by Crippen LogP contribution is 2.24. The van der Waals surface area contributed by atoms with Crippen molar-refractivity contribution >= 4 is 57.2 Å². The van der Waals surface area contributed by atoms with Gasteiger partial charge in [-0.25, -0.2) is 10.2 Å². The number of carbonyl (C=O) groups excluding carboxylic acids is 3. The van der Waals surface area contributed by atoms with Crippen LogP contribution >= 0.6 is 27.5 Å². The average Bonchev–Trinajstić information content (AvgIpc) is 2.87. The van der Waals surface area contributed by atoms with Crippen molar-refractivity contribution in [1.29, 1.82) is 0 Å². The average molecular weight is 573 g/mol. The van der Waals surface area contributed by atoms with Gasteiger partial charge in [0.15, 0.2) is 0 Å². The van der Waals surface area contributed by atoms with Crippen LogP contribution in [-0.4, -0.2) is 30.6 Å². The third-order valence-corrected chi connectivity index (χ3v) is 5.73. The maximum atomic E-state index is 12.6. The van der Waals surface area contributed by atoms with Crippen LogP contribution in [-0.2, 0) is 9.59 Å². The van der Waals surface area contributed by atoms with E-state index in [0.29, 0.717) is 44.2 Å². The van der Waals surface area contributed by atoms with Gasteiger partial charge < -0.3 is 14.8 Å². The van der Waals surface area contributed by atoms with Crippen molar-refractivity contribution < 1.29 is 23.9 Å². The number of anilines is 1. The molecule has 3 aromatic rings. The first-order chi connectivity index (χ1) is 17.3. The summed E-state index contributed by atoms with van der Waals surface area (Å²) in [5.74, 6) is -1.59. The Kier molecular flexibility index (Phi) is 9.61. The van der Waals surface area contributed by atoms with Crippen LogP contribution < -0.4 is 20.2 Å². The van der Waals surface area contributed by atoms with Crippen LogP contribution in [0.15, 0.2) is 70.2 Å². The van der Waals surface area contributed by atoms with Crippen LogP contribution in [0.3, 0.4) is 0 Å². The molecule has 2 N–H and O–H groups in total. The van der Waals surface area contributed by atoms with E-state index in [4.69, 9.17) is 21.1 Å². The molecular formula is C26H23BrClN3O5. The summed E-state index contributed by atoms with van der Waals surface area (Å²) in [6.45, 7) is 4.31. The number of ether oxygens (including phenoxy) is 2. The number of rotatable bonds is 8. The molecule has 10 heteroatoms. The molecule has 3 rings (SSSR count). The molecule has 0 radical (unpaired) electrons. The standard InChI is InChI=1S/C26H23BrClN3O5/c1-3-13-35-20-10-7-17(8-11-20)26(34)36-23-12-9-19(27)14-18(23)15-29-31-25(33)24(32)30-22-6-4-5-21(28)16(22)2/h4-12,14-15H,3,13H2,1-2H3,(H,30,32)(H,31,33)/b29-15+. The second-order valence-electron chi connectivity index (χ2n) is 7.51. The first-order valence-corrected chi connectivity index (χ1v) is 12.1. The summed E-state index contributed by atoms with van der Waals surface area (Å²) in [6, 6.07) is 16.5. The monoisotopic (exact) mass is 571 g/mol. The Morgan fingerprint density at radius 3 is 2.53 bits per heavy atom. The quantitative estimate of drug-likeness (QED) is 0.122. The summed E-state index contributed by atoms with van der Waals surface area (Å²) in [7, 11) is 0. The number of hydrogen-bond donors (Lipinski definition) is 2. The van der Waals surface area contributed by atoms with Gasteiger partial charge in [-0.3, -0.25) is 9.59 Å². The van der Waals surface area contributed by atoms with Gasteiger partial charge in [-0.15, -0.1) is 0 Å². The van der Waals surface area contributed by atoms with Gasteiger partial charge in [0.05, 0.1) is 18.4 Å². The molecular weight excluding hydrogens is 550 g/mol. The number of nitrogens with zero attached hydrogens (tertiary/aromatic N) is 1.